The molecule has 5 heteroatoms. The molecule has 110 valence electrons. The third kappa shape index (κ3) is 3.04. The number of hydrogen-bond donors (Lipinski definition) is 3. The predicted molar refractivity (Wildman–Crippen MR) is 77.7 cm³/mol. The van der Waals surface area contributed by atoms with Crippen LogP contribution in [0.2, 0.25) is 0 Å². The Morgan fingerprint density at radius 3 is 2.14 bits per heavy atom. The van der Waals surface area contributed by atoms with Crippen molar-refractivity contribution in [3.8, 4) is 5.75 Å². The molecule has 0 aliphatic carbocycles. The average Bonchev–Trinajstić information content (AvgIpc) is 2.53. The summed E-state index contributed by atoms with van der Waals surface area (Å²) >= 11 is 0. The Bertz CT molecular complexity index is 597. The Morgan fingerprint density at radius 1 is 1.05 bits per heavy atom. The quantitative estimate of drug-likeness (QED) is 0.732. The summed E-state index contributed by atoms with van der Waals surface area (Å²) in [6.07, 6.45) is 0. The number of hydrogen-bond acceptors (Lipinski definition) is 4. The maximum absolute atomic E-state index is 11.8. The van der Waals surface area contributed by atoms with Gasteiger partial charge in [0.1, 0.15) is 12.4 Å². The second-order valence-corrected chi connectivity index (χ2v) is 4.54. The van der Waals surface area contributed by atoms with Crippen molar-refractivity contribution < 1.29 is 19.7 Å². The molecular formula is C16H17NO4. The number of carbonyl (C=O) groups is 1. The lowest BCUT2D eigenvalue weighted by molar-refractivity contribution is -0.133. The van der Waals surface area contributed by atoms with E-state index in [0.717, 1.165) is 0 Å². The molecule has 5 nitrogen and oxygen atoms in total. The summed E-state index contributed by atoms with van der Waals surface area (Å²) in [5.74, 6) is -0.314. The van der Waals surface area contributed by atoms with E-state index in [2.05, 4.69) is 0 Å². The number of aliphatic hydroxyl groups is 2. The third-order valence-electron chi connectivity index (χ3n) is 3.18. The number of nitrogens with two attached hydrogens (primary N) is 1. The van der Waals surface area contributed by atoms with Crippen LogP contribution in [0.4, 0.5) is 0 Å². The van der Waals surface area contributed by atoms with Crippen molar-refractivity contribution >= 4 is 5.91 Å². The molecule has 0 saturated carbocycles. The lowest BCUT2D eigenvalue weighted by Crippen LogP contribution is -2.42. The molecule has 1 atom stereocenters. The number of aliphatic hydroxyl groups excluding tert-OH is 1. The van der Waals surface area contributed by atoms with Crippen molar-refractivity contribution in [2.75, 3.05) is 13.2 Å². The molecule has 0 aromatic heterocycles. The van der Waals surface area contributed by atoms with Crippen LogP contribution in [0.3, 0.4) is 0 Å². The molecule has 1 amide bonds. The van der Waals surface area contributed by atoms with Gasteiger partial charge in [0.15, 0.2) is 5.60 Å². The van der Waals surface area contributed by atoms with Crippen molar-refractivity contribution in [2.24, 2.45) is 5.73 Å². The van der Waals surface area contributed by atoms with E-state index in [1.54, 1.807) is 54.6 Å². The molecule has 2 rings (SSSR count). The van der Waals surface area contributed by atoms with Crippen molar-refractivity contribution in [3.05, 3.63) is 65.7 Å². The van der Waals surface area contributed by atoms with Gasteiger partial charge in [0.2, 0.25) is 0 Å². The lowest BCUT2D eigenvalue weighted by atomic mass is 9.86. The van der Waals surface area contributed by atoms with Gasteiger partial charge >= 0.3 is 0 Å². The standard InChI is InChI=1S/C16H17NO4/c17-15(19)16(20,12-4-2-1-3-5-12)13-6-8-14(9-7-13)21-11-10-18/h1-9,18,20H,10-11H2,(H2,17,19). The summed E-state index contributed by atoms with van der Waals surface area (Å²) in [6.45, 7) is 0.0924. The first-order chi connectivity index (χ1) is 10.1. The second kappa shape index (κ2) is 6.39. The Labute approximate surface area is 122 Å². The summed E-state index contributed by atoms with van der Waals surface area (Å²) in [7, 11) is 0. The molecule has 0 radical (unpaired) electrons. The van der Waals surface area contributed by atoms with E-state index in [9.17, 15) is 9.90 Å². The van der Waals surface area contributed by atoms with E-state index in [-0.39, 0.29) is 13.2 Å². The summed E-state index contributed by atoms with van der Waals surface area (Å²) in [5, 5.41) is 19.4. The third-order valence-corrected chi connectivity index (χ3v) is 3.18. The molecule has 0 heterocycles. The molecule has 21 heavy (non-hydrogen) atoms. The van der Waals surface area contributed by atoms with Gasteiger partial charge < -0.3 is 20.7 Å². The summed E-state index contributed by atoms with van der Waals surface area (Å²) < 4.78 is 5.24. The van der Waals surface area contributed by atoms with Crippen LogP contribution in [-0.4, -0.2) is 29.3 Å². The molecule has 2 aromatic carbocycles. The first-order valence-corrected chi connectivity index (χ1v) is 6.51. The van der Waals surface area contributed by atoms with Gasteiger partial charge in [-0.25, -0.2) is 0 Å². The van der Waals surface area contributed by atoms with Crippen molar-refractivity contribution in [1.82, 2.24) is 0 Å². The average molecular weight is 287 g/mol. The van der Waals surface area contributed by atoms with Crippen LogP contribution >= 0.6 is 0 Å². The van der Waals surface area contributed by atoms with Crippen LogP contribution in [0.25, 0.3) is 0 Å². The van der Waals surface area contributed by atoms with E-state index < -0.39 is 11.5 Å². The smallest absolute Gasteiger partial charge is 0.258 e. The van der Waals surface area contributed by atoms with Crippen LogP contribution in [0.15, 0.2) is 54.6 Å². The SMILES string of the molecule is NC(=O)C(O)(c1ccccc1)c1ccc(OCCO)cc1. The van der Waals surface area contributed by atoms with Gasteiger partial charge in [-0.15, -0.1) is 0 Å². The Hall–Kier alpha value is -2.37. The van der Waals surface area contributed by atoms with E-state index in [1.807, 2.05) is 0 Å². The number of carbonyl (C=O) groups excluding carboxylic acids is 1. The number of ether oxygens (including phenoxy) is 1. The van der Waals surface area contributed by atoms with Gasteiger partial charge in [0.05, 0.1) is 6.61 Å². The number of primary amides is 1. The fourth-order valence-electron chi connectivity index (χ4n) is 2.09. The Balaban J connectivity index is 2.37. The summed E-state index contributed by atoms with van der Waals surface area (Å²) in [6, 6.07) is 14.9. The van der Waals surface area contributed by atoms with Crippen LogP contribution in [0.5, 0.6) is 5.75 Å². The monoisotopic (exact) mass is 287 g/mol. The predicted octanol–water partition coefficient (Wildman–Crippen LogP) is 0.779. The zero-order valence-corrected chi connectivity index (χ0v) is 11.4. The van der Waals surface area contributed by atoms with Gasteiger partial charge in [0, 0.05) is 0 Å². The van der Waals surface area contributed by atoms with Gasteiger partial charge in [-0.1, -0.05) is 42.5 Å². The van der Waals surface area contributed by atoms with Crippen LogP contribution < -0.4 is 10.5 Å². The first-order valence-electron chi connectivity index (χ1n) is 6.51. The molecule has 2 aromatic rings. The molecule has 1 unspecified atom stereocenters. The zero-order valence-electron chi connectivity index (χ0n) is 11.4. The highest BCUT2D eigenvalue weighted by Crippen LogP contribution is 2.30. The van der Waals surface area contributed by atoms with E-state index in [4.69, 9.17) is 15.6 Å². The Morgan fingerprint density at radius 2 is 1.62 bits per heavy atom. The molecule has 0 saturated heterocycles. The van der Waals surface area contributed by atoms with Crippen molar-refractivity contribution in [1.29, 1.82) is 0 Å². The fourth-order valence-corrected chi connectivity index (χ4v) is 2.09. The highest BCUT2D eigenvalue weighted by molar-refractivity contribution is 5.88. The van der Waals surface area contributed by atoms with Crippen LogP contribution in [0, 0.1) is 0 Å². The van der Waals surface area contributed by atoms with Crippen LogP contribution in [-0.2, 0) is 10.4 Å². The lowest BCUT2D eigenvalue weighted by Gasteiger charge is -2.25. The molecule has 0 fully saturated rings. The molecule has 0 aliphatic rings. The van der Waals surface area contributed by atoms with Crippen molar-refractivity contribution in [2.45, 2.75) is 5.60 Å². The topological polar surface area (TPSA) is 92.8 Å². The molecule has 0 spiro atoms. The molecule has 4 N–H and O–H groups in total. The maximum atomic E-state index is 11.8. The van der Waals surface area contributed by atoms with Crippen LogP contribution in [0.1, 0.15) is 11.1 Å². The summed E-state index contributed by atoms with van der Waals surface area (Å²) in [5.41, 5.74) is 4.27. The number of benzene rings is 2. The largest absolute Gasteiger partial charge is 0.491 e. The fraction of sp³-hybridized carbons (Fsp3) is 0.188. The van der Waals surface area contributed by atoms with Gasteiger partial charge in [-0.05, 0) is 23.3 Å². The van der Waals surface area contributed by atoms with Gasteiger partial charge in [-0.2, -0.15) is 0 Å². The molecule has 0 aliphatic heterocycles. The highest BCUT2D eigenvalue weighted by Gasteiger charge is 2.37. The number of rotatable bonds is 6. The minimum absolute atomic E-state index is 0.0863. The Kier molecular flexibility index (Phi) is 4.57. The van der Waals surface area contributed by atoms with Gasteiger partial charge in [-0.3, -0.25) is 4.79 Å². The second-order valence-electron chi connectivity index (χ2n) is 4.54. The van der Waals surface area contributed by atoms with E-state index in [1.165, 1.54) is 0 Å². The van der Waals surface area contributed by atoms with E-state index >= 15 is 0 Å². The van der Waals surface area contributed by atoms with Gasteiger partial charge in [0.25, 0.3) is 5.91 Å². The normalized spacial score (nSPS) is 13.4. The van der Waals surface area contributed by atoms with E-state index in [0.29, 0.717) is 16.9 Å². The zero-order chi connectivity index (χ0) is 15.3. The molecular weight excluding hydrogens is 270 g/mol. The minimum atomic E-state index is -1.89. The summed E-state index contributed by atoms with van der Waals surface area (Å²) in [4.78, 5) is 11.8. The maximum Gasteiger partial charge on any atom is 0.258 e. The molecule has 0 bridgehead atoms. The minimum Gasteiger partial charge on any atom is -0.491 e. The highest BCUT2D eigenvalue weighted by atomic mass is 16.5. The first kappa shape index (κ1) is 15.0. The van der Waals surface area contributed by atoms with Crippen molar-refractivity contribution in [3.63, 3.8) is 0 Å². The number of amides is 1.